The summed E-state index contributed by atoms with van der Waals surface area (Å²) in [5.74, 6) is -0.740. The van der Waals surface area contributed by atoms with Gasteiger partial charge in [-0.2, -0.15) is 0 Å². The van der Waals surface area contributed by atoms with Gasteiger partial charge in [0.1, 0.15) is 0 Å². The molecule has 2 saturated carbocycles. The fourth-order valence-electron chi connectivity index (χ4n) is 1.96. The van der Waals surface area contributed by atoms with Crippen molar-refractivity contribution in [1.29, 1.82) is 0 Å². The van der Waals surface area contributed by atoms with E-state index in [0.29, 0.717) is 18.9 Å². The van der Waals surface area contributed by atoms with Crippen LogP contribution in [-0.4, -0.2) is 35.0 Å². The standard InChI is InChI=1S/C11H17NO3/c1-2-12(6-7-3-4-7)10(13)8-5-9(8)11(14)15/h7-9H,2-6H2,1H3,(H,14,15)/t8-,9+/m0/s1. The fraction of sp³-hybridized carbons (Fsp3) is 0.818. The van der Waals surface area contributed by atoms with Gasteiger partial charge in [0.05, 0.1) is 11.8 Å². The summed E-state index contributed by atoms with van der Waals surface area (Å²) in [6, 6.07) is 0. The summed E-state index contributed by atoms with van der Waals surface area (Å²) < 4.78 is 0. The van der Waals surface area contributed by atoms with Crippen LogP contribution in [0.25, 0.3) is 0 Å². The van der Waals surface area contributed by atoms with Gasteiger partial charge in [-0.25, -0.2) is 0 Å². The maximum Gasteiger partial charge on any atom is 0.307 e. The number of hydrogen-bond donors (Lipinski definition) is 1. The molecule has 0 heterocycles. The zero-order valence-corrected chi connectivity index (χ0v) is 8.98. The molecule has 0 radical (unpaired) electrons. The maximum absolute atomic E-state index is 11.9. The molecule has 0 unspecified atom stereocenters. The van der Waals surface area contributed by atoms with Crippen molar-refractivity contribution in [2.45, 2.75) is 26.2 Å². The first-order valence-electron chi connectivity index (χ1n) is 5.65. The minimum Gasteiger partial charge on any atom is -0.481 e. The van der Waals surface area contributed by atoms with E-state index in [1.807, 2.05) is 11.8 Å². The Hall–Kier alpha value is -1.06. The summed E-state index contributed by atoms with van der Waals surface area (Å²) in [6.07, 6.45) is 2.98. The topological polar surface area (TPSA) is 57.6 Å². The highest BCUT2D eigenvalue weighted by atomic mass is 16.4. The highest BCUT2D eigenvalue weighted by Crippen LogP contribution is 2.41. The molecule has 0 spiro atoms. The molecule has 0 bridgehead atoms. The lowest BCUT2D eigenvalue weighted by Crippen LogP contribution is -2.34. The lowest BCUT2D eigenvalue weighted by Gasteiger charge is -2.20. The maximum atomic E-state index is 11.9. The largest absolute Gasteiger partial charge is 0.481 e. The number of hydrogen-bond acceptors (Lipinski definition) is 2. The molecule has 2 atom stereocenters. The number of carboxylic acids is 1. The highest BCUT2D eigenvalue weighted by molar-refractivity contribution is 5.89. The van der Waals surface area contributed by atoms with Crippen LogP contribution < -0.4 is 0 Å². The molecule has 2 fully saturated rings. The molecular formula is C11H17NO3. The first-order valence-corrected chi connectivity index (χ1v) is 5.65. The molecule has 0 aromatic rings. The molecule has 2 aliphatic carbocycles. The lowest BCUT2D eigenvalue weighted by molar-refractivity contribution is -0.142. The molecule has 2 aliphatic rings. The van der Waals surface area contributed by atoms with Gasteiger partial charge in [0.25, 0.3) is 0 Å². The number of carbonyl (C=O) groups is 2. The summed E-state index contributed by atoms with van der Waals surface area (Å²) in [5, 5.41) is 8.75. The van der Waals surface area contributed by atoms with Gasteiger partial charge in [-0.1, -0.05) is 0 Å². The van der Waals surface area contributed by atoms with E-state index in [1.54, 1.807) is 0 Å². The summed E-state index contributed by atoms with van der Waals surface area (Å²) >= 11 is 0. The summed E-state index contributed by atoms with van der Waals surface area (Å²) in [4.78, 5) is 24.4. The number of nitrogens with zero attached hydrogens (tertiary/aromatic N) is 1. The predicted octanol–water partition coefficient (Wildman–Crippen LogP) is 0.966. The van der Waals surface area contributed by atoms with E-state index >= 15 is 0 Å². The average molecular weight is 211 g/mol. The van der Waals surface area contributed by atoms with Gasteiger partial charge in [-0.15, -0.1) is 0 Å². The van der Waals surface area contributed by atoms with Gasteiger partial charge >= 0.3 is 5.97 Å². The van der Waals surface area contributed by atoms with Gasteiger partial charge in [0, 0.05) is 13.1 Å². The normalized spacial score (nSPS) is 28.6. The second-order valence-corrected chi connectivity index (χ2v) is 4.61. The van der Waals surface area contributed by atoms with E-state index in [0.717, 1.165) is 6.54 Å². The Labute approximate surface area is 89.3 Å². The molecule has 1 N–H and O–H groups in total. The van der Waals surface area contributed by atoms with E-state index in [4.69, 9.17) is 5.11 Å². The molecule has 15 heavy (non-hydrogen) atoms. The Morgan fingerprint density at radius 1 is 1.33 bits per heavy atom. The van der Waals surface area contributed by atoms with Crippen LogP contribution >= 0.6 is 0 Å². The first-order chi connectivity index (χ1) is 7.13. The van der Waals surface area contributed by atoms with Crippen LogP contribution in [0.15, 0.2) is 0 Å². The third kappa shape index (κ3) is 2.30. The van der Waals surface area contributed by atoms with Crippen LogP contribution in [0.4, 0.5) is 0 Å². The Kier molecular flexibility index (Phi) is 2.67. The fourth-order valence-corrected chi connectivity index (χ4v) is 1.96. The molecule has 84 valence electrons. The Morgan fingerprint density at radius 3 is 2.40 bits per heavy atom. The van der Waals surface area contributed by atoms with Crippen molar-refractivity contribution in [3.8, 4) is 0 Å². The van der Waals surface area contributed by atoms with E-state index in [-0.39, 0.29) is 11.8 Å². The molecule has 0 aromatic heterocycles. The molecule has 1 amide bonds. The lowest BCUT2D eigenvalue weighted by atomic mass is 10.2. The van der Waals surface area contributed by atoms with Crippen molar-refractivity contribution in [3.63, 3.8) is 0 Å². The number of carbonyl (C=O) groups excluding carboxylic acids is 1. The third-order valence-corrected chi connectivity index (χ3v) is 3.29. The number of amides is 1. The second-order valence-electron chi connectivity index (χ2n) is 4.61. The minimum absolute atomic E-state index is 0.0526. The Bertz CT molecular complexity index is 286. The second kappa shape index (κ2) is 3.83. The van der Waals surface area contributed by atoms with Gasteiger partial charge in [-0.05, 0) is 32.1 Å². The first kappa shape index (κ1) is 10.5. The van der Waals surface area contributed by atoms with E-state index < -0.39 is 11.9 Å². The molecule has 0 saturated heterocycles. The van der Waals surface area contributed by atoms with E-state index in [2.05, 4.69) is 0 Å². The van der Waals surface area contributed by atoms with Crippen molar-refractivity contribution in [1.82, 2.24) is 4.90 Å². The van der Waals surface area contributed by atoms with Crippen molar-refractivity contribution in [2.24, 2.45) is 17.8 Å². The van der Waals surface area contributed by atoms with Crippen molar-refractivity contribution >= 4 is 11.9 Å². The third-order valence-electron chi connectivity index (χ3n) is 3.29. The monoisotopic (exact) mass is 211 g/mol. The molecule has 0 aliphatic heterocycles. The van der Waals surface area contributed by atoms with Crippen molar-refractivity contribution < 1.29 is 14.7 Å². The van der Waals surface area contributed by atoms with E-state index in [1.165, 1.54) is 12.8 Å². The van der Waals surface area contributed by atoms with Crippen molar-refractivity contribution in [2.75, 3.05) is 13.1 Å². The van der Waals surface area contributed by atoms with Gasteiger partial charge in [0.2, 0.25) is 5.91 Å². The van der Waals surface area contributed by atoms with Crippen LogP contribution in [0.3, 0.4) is 0 Å². The SMILES string of the molecule is CCN(CC1CC1)C(=O)[C@H]1C[C@H]1C(=O)O. The highest BCUT2D eigenvalue weighted by Gasteiger charge is 2.49. The minimum atomic E-state index is -0.823. The zero-order valence-electron chi connectivity index (χ0n) is 8.98. The molecule has 0 aromatic carbocycles. The molecule has 2 rings (SSSR count). The molecule has 4 nitrogen and oxygen atoms in total. The van der Waals surface area contributed by atoms with Crippen molar-refractivity contribution in [3.05, 3.63) is 0 Å². The van der Waals surface area contributed by atoms with Gasteiger partial charge < -0.3 is 10.0 Å². The summed E-state index contributed by atoms with van der Waals surface area (Å²) in [7, 11) is 0. The quantitative estimate of drug-likeness (QED) is 0.737. The Balaban J connectivity index is 1.85. The summed E-state index contributed by atoms with van der Waals surface area (Å²) in [6.45, 7) is 3.49. The van der Waals surface area contributed by atoms with Gasteiger partial charge in [0.15, 0.2) is 0 Å². The zero-order chi connectivity index (χ0) is 11.0. The van der Waals surface area contributed by atoms with Crippen LogP contribution in [0, 0.1) is 17.8 Å². The number of rotatable bonds is 5. The van der Waals surface area contributed by atoms with Crippen LogP contribution in [0.5, 0.6) is 0 Å². The number of carboxylic acid groups (broad SMARTS) is 1. The average Bonchev–Trinajstić information content (AvgIpc) is 3.04. The Morgan fingerprint density at radius 2 is 2.00 bits per heavy atom. The van der Waals surface area contributed by atoms with Crippen LogP contribution in [0.1, 0.15) is 26.2 Å². The molecular weight excluding hydrogens is 194 g/mol. The van der Waals surface area contributed by atoms with E-state index in [9.17, 15) is 9.59 Å². The summed E-state index contributed by atoms with van der Waals surface area (Å²) in [5.41, 5.74) is 0. The van der Waals surface area contributed by atoms with Crippen LogP contribution in [-0.2, 0) is 9.59 Å². The molecule has 4 heteroatoms. The smallest absolute Gasteiger partial charge is 0.307 e. The van der Waals surface area contributed by atoms with Crippen LogP contribution in [0.2, 0.25) is 0 Å². The number of aliphatic carboxylic acids is 1. The van der Waals surface area contributed by atoms with Gasteiger partial charge in [-0.3, -0.25) is 9.59 Å². The predicted molar refractivity (Wildman–Crippen MR) is 54.2 cm³/mol.